The molecule has 2 aromatic rings. The lowest BCUT2D eigenvalue weighted by molar-refractivity contribution is -0.116. The predicted molar refractivity (Wildman–Crippen MR) is 92.7 cm³/mol. The summed E-state index contributed by atoms with van der Waals surface area (Å²) in [7, 11) is 1.61. The normalized spacial score (nSPS) is 10.1. The van der Waals surface area contributed by atoms with Crippen LogP contribution in [0.15, 0.2) is 48.5 Å². The highest BCUT2D eigenvalue weighted by atomic mass is 16.5. The molecule has 24 heavy (non-hydrogen) atoms. The Balaban J connectivity index is 1.72. The Morgan fingerprint density at radius 1 is 0.917 bits per heavy atom. The molecular formula is C18H22N2O4. The van der Waals surface area contributed by atoms with Crippen LogP contribution in [0.1, 0.15) is 6.42 Å². The first-order chi connectivity index (χ1) is 11.7. The van der Waals surface area contributed by atoms with Crippen LogP contribution in [-0.4, -0.2) is 32.8 Å². The Labute approximate surface area is 141 Å². The molecule has 0 unspecified atom stereocenters. The molecule has 0 aliphatic carbocycles. The first kappa shape index (κ1) is 17.6. The number of rotatable bonds is 9. The van der Waals surface area contributed by atoms with Crippen molar-refractivity contribution in [2.24, 2.45) is 5.73 Å². The van der Waals surface area contributed by atoms with Crippen molar-refractivity contribution in [1.82, 2.24) is 0 Å². The van der Waals surface area contributed by atoms with Gasteiger partial charge in [-0.2, -0.15) is 0 Å². The molecule has 6 heteroatoms. The van der Waals surface area contributed by atoms with Crippen LogP contribution in [0.4, 0.5) is 5.69 Å². The van der Waals surface area contributed by atoms with Gasteiger partial charge in [0.25, 0.3) is 0 Å². The first-order valence-corrected chi connectivity index (χ1v) is 7.71. The summed E-state index contributed by atoms with van der Waals surface area (Å²) in [5.41, 5.74) is 6.09. The topological polar surface area (TPSA) is 82.8 Å². The lowest BCUT2D eigenvalue weighted by Crippen LogP contribution is -2.15. The molecule has 0 radical (unpaired) electrons. The van der Waals surface area contributed by atoms with Gasteiger partial charge < -0.3 is 25.3 Å². The minimum absolute atomic E-state index is 0.112. The Morgan fingerprint density at radius 2 is 1.46 bits per heavy atom. The van der Waals surface area contributed by atoms with Crippen molar-refractivity contribution in [3.05, 3.63) is 48.5 Å². The van der Waals surface area contributed by atoms with Gasteiger partial charge in [0.15, 0.2) is 0 Å². The van der Waals surface area contributed by atoms with Gasteiger partial charge in [0.05, 0.1) is 20.1 Å². The third kappa shape index (κ3) is 5.81. The quantitative estimate of drug-likeness (QED) is 0.738. The fourth-order valence-electron chi connectivity index (χ4n) is 1.97. The molecule has 0 aromatic heterocycles. The summed E-state index contributed by atoms with van der Waals surface area (Å²) in [4.78, 5) is 11.9. The average molecular weight is 330 g/mol. The van der Waals surface area contributed by atoms with Gasteiger partial charge in [-0.15, -0.1) is 0 Å². The van der Waals surface area contributed by atoms with Gasteiger partial charge in [-0.25, -0.2) is 0 Å². The number of carbonyl (C=O) groups is 1. The predicted octanol–water partition coefficient (Wildman–Crippen LogP) is 2.44. The molecule has 128 valence electrons. The smallest absolute Gasteiger partial charge is 0.227 e. The number of benzene rings is 2. The van der Waals surface area contributed by atoms with Crippen LogP contribution in [-0.2, 0) is 4.79 Å². The van der Waals surface area contributed by atoms with Crippen molar-refractivity contribution in [2.75, 3.05) is 32.2 Å². The average Bonchev–Trinajstić information content (AvgIpc) is 2.62. The Kier molecular flexibility index (Phi) is 6.91. The molecule has 0 fully saturated rings. The number of amides is 1. The van der Waals surface area contributed by atoms with E-state index in [4.69, 9.17) is 19.9 Å². The molecule has 2 rings (SSSR count). The second kappa shape index (κ2) is 9.42. The highest BCUT2D eigenvalue weighted by molar-refractivity contribution is 5.90. The summed E-state index contributed by atoms with van der Waals surface area (Å²) in [6.45, 7) is 1.23. The molecule has 0 aliphatic rings. The Hall–Kier alpha value is -2.73. The molecule has 0 bridgehead atoms. The zero-order valence-corrected chi connectivity index (χ0v) is 13.7. The van der Waals surface area contributed by atoms with E-state index in [2.05, 4.69) is 5.32 Å². The van der Waals surface area contributed by atoms with E-state index in [0.717, 1.165) is 11.5 Å². The molecule has 2 aromatic carbocycles. The zero-order chi connectivity index (χ0) is 17.2. The van der Waals surface area contributed by atoms with Gasteiger partial charge in [-0.05, 0) is 48.5 Å². The summed E-state index contributed by atoms with van der Waals surface area (Å²) >= 11 is 0. The second-order valence-electron chi connectivity index (χ2n) is 4.98. The molecule has 0 spiro atoms. The van der Waals surface area contributed by atoms with Crippen LogP contribution in [0.25, 0.3) is 0 Å². The van der Waals surface area contributed by atoms with Crippen LogP contribution < -0.4 is 25.3 Å². The Bertz CT molecular complexity index is 626. The van der Waals surface area contributed by atoms with Crippen molar-refractivity contribution in [1.29, 1.82) is 0 Å². The Morgan fingerprint density at radius 3 is 2.04 bits per heavy atom. The van der Waals surface area contributed by atoms with Gasteiger partial charge in [-0.1, -0.05) is 0 Å². The molecular weight excluding hydrogens is 308 g/mol. The highest BCUT2D eigenvalue weighted by Gasteiger charge is 2.04. The number of ether oxygens (including phenoxy) is 3. The van der Waals surface area contributed by atoms with E-state index in [1.165, 1.54) is 0 Å². The van der Waals surface area contributed by atoms with Gasteiger partial charge in [0, 0.05) is 12.2 Å². The summed E-state index contributed by atoms with van der Waals surface area (Å²) in [6, 6.07) is 14.4. The van der Waals surface area contributed by atoms with E-state index in [1.807, 2.05) is 12.1 Å². The van der Waals surface area contributed by atoms with Crippen LogP contribution in [0.5, 0.6) is 17.2 Å². The van der Waals surface area contributed by atoms with Crippen molar-refractivity contribution in [3.63, 3.8) is 0 Å². The SMILES string of the molecule is COc1ccc(OCCC(=O)Nc2ccc(OCCN)cc2)cc1. The van der Waals surface area contributed by atoms with Crippen molar-refractivity contribution in [3.8, 4) is 17.2 Å². The number of methoxy groups -OCH3 is 1. The summed E-state index contributed by atoms with van der Waals surface area (Å²) < 4.78 is 16.0. The second-order valence-corrected chi connectivity index (χ2v) is 4.98. The fourth-order valence-corrected chi connectivity index (χ4v) is 1.97. The van der Waals surface area contributed by atoms with Crippen molar-refractivity contribution < 1.29 is 19.0 Å². The highest BCUT2D eigenvalue weighted by Crippen LogP contribution is 2.18. The van der Waals surface area contributed by atoms with Gasteiger partial charge in [-0.3, -0.25) is 4.79 Å². The van der Waals surface area contributed by atoms with Crippen molar-refractivity contribution >= 4 is 11.6 Å². The molecule has 0 saturated heterocycles. The molecule has 0 saturated carbocycles. The van der Waals surface area contributed by atoms with Gasteiger partial charge in [0.2, 0.25) is 5.91 Å². The maximum absolute atomic E-state index is 11.9. The van der Waals surface area contributed by atoms with E-state index < -0.39 is 0 Å². The first-order valence-electron chi connectivity index (χ1n) is 7.71. The minimum atomic E-state index is -0.112. The largest absolute Gasteiger partial charge is 0.497 e. The van der Waals surface area contributed by atoms with Crippen LogP contribution in [0.2, 0.25) is 0 Å². The lowest BCUT2D eigenvalue weighted by Gasteiger charge is -2.09. The number of nitrogens with two attached hydrogens (primary N) is 1. The monoisotopic (exact) mass is 330 g/mol. The molecule has 0 aliphatic heterocycles. The third-order valence-electron chi connectivity index (χ3n) is 3.18. The van der Waals surface area contributed by atoms with Crippen LogP contribution in [0, 0.1) is 0 Å². The number of anilines is 1. The zero-order valence-electron chi connectivity index (χ0n) is 13.7. The fraction of sp³-hybridized carbons (Fsp3) is 0.278. The lowest BCUT2D eigenvalue weighted by atomic mass is 10.3. The molecule has 6 nitrogen and oxygen atoms in total. The van der Waals surface area contributed by atoms with Crippen LogP contribution >= 0.6 is 0 Å². The standard InChI is InChI=1S/C18H22N2O4/c1-22-15-6-8-17(9-7-15)23-12-10-18(21)20-14-2-4-16(5-3-14)24-13-11-19/h2-9H,10-13,19H2,1H3,(H,20,21). The summed E-state index contributed by atoms with van der Waals surface area (Å²) in [5, 5.41) is 2.81. The van der Waals surface area contributed by atoms with Crippen molar-refractivity contribution in [2.45, 2.75) is 6.42 Å². The molecule has 3 N–H and O–H groups in total. The maximum atomic E-state index is 11.9. The number of nitrogens with one attached hydrogen (secondary N) is 1. The summed E-state index contributed by atoms with van der Waals surface area (Å²) in [5.74, 6) is 2.07. The van der Waals surface area contributed by atoms with E-state index >= 15 is 0 Å². The molecule has 1 amide bonds. The van der Waals surface area contributed by atoms with E-state index in [9.17, 15) is 4.79 Å². The summed E-state index contributed by atoms with van der Waals surface area (Å²) in [6.07, 6.45) is 0.261. The van der Waals surface area contributed by atoms with Gasteiger partial charge >= 0.3 is 0 Å². The molecule has 0 heterocycles. The number of hydrogen-bond acceptors (Lipinski definition) is 5. The minimum Gasteiger partial charge on any atom is -0.497 e. The number of carbonyl (C=O) groups excluding carboxylic acids is 1. The van der Waals surface area contributed by atoms with Crippen LogP contribution in [0.3, 0.4) is 0 Å². The van der Waals surface area contributed by atoms with Gasteiger partial charge in [0.1, 0.15) is 23.9 Å². The third-order valence-corrected chi connectivity index (χ3v) is 3.18. The van der Waals surface area contributed by atoms with E-state index in [1.54, 1.807) is 43.5 Å². The maximum Gasteiger partial charge on any atom is 0.227 e. The van der Waals surface area contributed by atoms with E-state index in [0.29, 0.717) is 31.2 Å². The number of hydrogen-bond donors (Lipinski definition) is 2. The van der Waals surface area contributed by atoms with E-state index in [-0.39, 0.29) is 12.3 Å². The molecule has 0 atom stereocenters.